The van der Waals surface area contributed by atoms with Gasteiger partial charge in [-0.15, -0.1) is 0 Å². The van der Waals surface area contributed by atoms with Crippen LogP contribution in [0.2, 0.25) is 0 Å². The Bertz CT molecular complexity index is 722. The maximum atomic E-state index is 5.74. The molecule has 2 heterocycles. The topological polar surface area (TPSA) is 55.3 Å². The van der Waals surface area contributed by atoms with Crippen molar-refractivity contribution in [2.24, 2.45) is 5.84 Å². The van der Waals surface area contributed by atoms with Gasteiger partial charge in [0.1, 0.15) is 0 Å². The lowest BCUT2D eigenvalue weighted by molar-refractivity contribution is 0.555. The molecule has 3 aromatic rings. The van der Waals surface area contributed by atoms with Gasteiger partial charge in [-0.05, 0) is 36.2 Å². The zero-order valence-corrected chi connectivity index (χ0v) is 12.4. The first-order chi connectivity index (χ1) is 9.78. The molecule has 0 aliphatic heterocycles. The zero-order valence-electron chi connectivity index (χ0n) is 10.8. The summed E-state index contributed by atoms with van der Waals surface area (Å²) in [6.45, 7) is 0. The van der Waals surface area contributed by atoms with Crippen LogP contribution < -0.4 is 11.3 Å². The average molecular weight is 331 g/mol. The first-order valence-corrected chi connectivity index (χ1v) is 7.20. The summed E-state index contributed by atoms with van der Waals surface area (Å²) in [5, 5.41) is 4.36. The summed E-state index contributed by atoms with van der Waals surface area (Å²) < 4.78 is 2.94. The monoisotopic (exact) mass is 330 g/mol. The second-order valence-corrected chi connectivity index (χ2v) is 5.60. The molecule has 0 fully saturated rings. The second kappa shape index (κ2) is 5.75. The lowest BCUT2D eigenvalue weighted by Gasteiger charge is -2.15. The number of hydrazine groups is 1. The number of rotatable bonds is 4. The molecule has 0 bridgehead atoms. The normalized spacial score (nSPS) is 12.7. The van der Waals surface area contributed by atoms with E-state index in [0.717, 1.165) is 22.0 Å². The Balaban J connectivity index is 1.93. The standard InChI is InChI=1S/C15H15BrN4/c16-12-5-3-4-11(8-12)9-14(19-17)13-10-18-20-7-2-1-6-15(13)20/h1-8,10,14,19H,9,17H2. The largest absolute Gasteiger partial charge is 0.271 e. The number of nitrogens with two attached hydrogens (primary N) is 1. The van der Waals surface area contributed by atoms with Gasteiger partial charge in [-0.2, -0.15) is 5.10 Å². The van der Waals surface area contributed by atoms with Crippen LogP contribution in [0, 0.1) is 0 Å². The molecule has 0 saturated carbocycles. The van der Waals surface area contributed by atoms with Crippen molar-refractivity contribution in [1.29, 1.82) is 0 Å². The summed E-state index contributed by atoms with van der Waals surface area (Å²) >= 11 is 3.49. The molecule has 0 amide bonds. The van der Waals surface area contributed by atoms with E-state index in [4.69, 9.17) is 5.84 Å². The highest BCUT2D eigenvalue weighted by Gasteiger charge is 2.15. The third-order valence-corrected chi connectivity index (χ3v) is 3.85. The van der Waals surface area contributed by atoms with Crippen molar-refractivity contribution in [3.8, 4) is 0 Å². The summed E-state index contributed by atoms with van der Waals surface area (Å²) in [4.78, 5) is 0. The Hall–Kier alpha value is -1.69. The second-order valence-electron chi connectivity index (χ2n) is 4.68. The summed E-state index contributed by atoms with van der Waals surface area (Å²) in [5.41, 5.74) is 6.30. The fraction of sp³-hybridized carbons (Fsp3) is 0.133. The van der Waals surface area contributed by atoms with Gasteiger partial charge in [-0.1, -0.05) is 34.1 Å². The maximum absolute atomic E-state index is 5.74. The van der Waals surface area contributed by atoms with Gasteiger partial charge in [-0.25, -0.2) is 4.52 Å². The molecule has 3 N–H and O–H groups in total. The van der Waals surface area contributed by atoms with Crippen LogP contribution >= 0.6 is 15.9 Å². The number of hydrogen-bond donors (Lipinski definition) is 2. The molecular formula is C15H15BrN4. The quantitative estimate of drug-likeness (QED) is 0.571. The smallest absolute Gasteiger partial charge is 0.0710 e. The minimum Gasteiger partial charge on any atom is -0.271 e. The van der Waals surface area contributed by atoms with Crippen molar-refractivity contribution in [2.75, 3.05) is 0 Å². The minimum atomic E-state index is 0.0317. The van der Waals surface area contributed by atoms with E-state index in [1.165, 1.54) is 5.56 Å². The van der Waals surface area contributed by atoms with Crippen molar-refractivity contribution in [3.05, 3.63) is 70.5 Å². The van der Waals surface area contributed by atoms with Crippen LogP contribution in [0.15, 0.2) is 59.3 Å². The predicted octanol–water partition coefficient (Wildman–Crippen LogP) is 2.84. The number of halogens is 1. The Labute approximate surface area is 125 Å². The number of fused-ring (bicyclic) bond motifs is 1. The zero-order chi connectivity index (χ0) is 13.9. The van der Waals surface area contributed by atoms with Crippen LogP contribution in [0.5, 0.6) is 0 Å². The number of hydrogen-bond acceptors (Lipinski definition) is 3. The van der Waals surface area contributed by atoms with Crippen molar-refractivity contribution in [2.45, 2.75) is 12.5 Å². The van der Waals surface area contributed by atoms with Gasteiger partial charge in [0, 0.05) is 16.2 Å². The van der Waals surface area contributed by atoms with Crippen molar-refractivity contribution in [3.63, 3.8) is 0 Å². The molecule has 0 aliphatic rings. The molecule has 3 rings (SSSR count). The van der Waals surface area contributed by atoms with Gasteiger partial charge in [0.25, 0.3) is 0 Å². The number of nitrogens with zero attached hydrogens (tertiary/aromatic N) is 2. The van der Waals surface area contributed by atoms with Crippen LogP contribution in [-0.4, -0.2) is 9.61 Å². The Morgan fingerprint density at radius 3 is 2.95 bits per heavy atom. The molecule has 4 nitrogen and oxygen atoms in total. The van der Waals surface area contributed by atoms with Crippen LogP contribution in [0.25, 0.3) is 5.52 Å². The van der Waals surface area contributed by atoms with E-state index in [0.29, 0.717) is 0 Å². The molecular weight excluding hydrogens is 316 g/mol. The molecule has 5 heteroatoms. The molecule has 0 aliphatic carbocycles. The number of aromatic nitrogens is 2. The minimum absolute atomic E-state index is 0.0317. The van der Waals surface area contributed by atoms with E-state index in [1.54, 1.807) is 0 Å². The maximum Gasteiger partial charge on any atom is 0.0710 e. The summed E-state index contributed by atoms with van der Waals surface area (Å²) in [6.07, 6.45) is 4.62. The van der Waals surface area contributed by atoms with Crippen LogP contribution in [0.3, 0.4) is 0 Å². The Morgan fingerprint density at radius 2 is 2.15 bits per heavy atom. The lowest BCUT2D eigenvalue weighted by Crippen LogP contribution is -2.29. The van der Waals surface area contributed by atoms with Crippen molar-refractivity contribution >= 4 is 21.4 Å². The Kier molecular flexibility index (Phi) is 3.82. The molecule has 1 unspecified atom stereocenters. The highest BCUT2D eigenvalue weighted by Crippen LogP contribution is 2.23. The third-order valence-electron chi connectivity index (χ3n) is 3.36. The first kappa shape index (κ1) is 13.3. The number of pyridine rings is 1. The van der Waals surface area contributed by atoms with E-state index in [2.05, 4.69) is 38.6 Å². The van der Waals surface area contributed by atoms with E-state index in [-0.39, 0.29) is 6.04 Å². The van der Waals surface area contributed by atoms with Crippen LogP contribution in [-0.2, 0) is 6.42 Å². The van der Waals surface area contributed by atoms with Gasteiger partial charge < -0.3 is 0 Å². The average Bonchev–Trinajstić information content (AvgIpc) is 2.89. The van der Waals surface area contributed by atoms with E-state index in [9.17, 15) is 0 Å². The van der Waals surface area contributed by atoms with Gasteiger partial charge in [0.15, 0.2) is 0 Å². The van der Waals surface area contributed by atoms with Gasteiger partial charge in [0.2, 0.25) is 0 Å². The van der Waals surface area contributed by atoms with Crippen molar-refractivity contribution in [1.82, 2.24) is 15.0 Å². The summed E-state index contributed by atoms with van der Waals surface area (Å²) in [5.74, 6) is 5.74. The molecule has 1 atom stereocenters. The van der Waals surface area contributed by atoms with Crippen LogP contribution in [0.4, 0.5) is 0 Å². The number of benzene rings is 1. The Morgan fingerprint density at radius 1 is 1.25 bits per heavy atom. The third kappa shape index (κ3) is 2.60. The molecule has 1 aromatic carbocycles. The predicted molar refractivity (Wildman–Crippen MR) is 83.1 cm³/mol. The molecule has 0 radical (unpaired) electrons. The van der Waals surface area contributed by atoms with Gasteiger partial charge >= 0.3 is 0 Å². The van der Waals surface area contributed by atoms with Crippen molar-refractivity contribution < 1.29 is 0 Å². The molecule has 0 saturated heterocycles. The van der Waals surface area contributed by atoms with Crippen LogP contribution in [0.1, 0.15) is 17.2 Å². The molecule has 2 aromatic heterocycles. The summed E-state index contributed by atoms with van der Waals surface area (Å²) in [6, 6.07) is 14.3. The van der Waals surface area contributed by atoms with E-state index in [1.807, 2.05) is 47.2 Å². The fourth-order valence-electron chi connectivity index (χ4n) is 2.38. The fourth-order valence-corrected chi connectivity index (χ4v) is 2.83. The lowest BCUT2D eigenvalue weighted by atomic mass is 10.0. The van der Waals surface area contributed by atoms with Gasteiger partial charge in [-0.3, -0.25) is 11.3 Å². The summed E-state index contributed by atoms with van der Waals surface area (Å²) in [7, 11) is 0. The first-order valence-electron chi connectivity index (χ1n) is 6.41. The highest BCUT2D eigenvalue weighted by molar-refractivity contribution is 9.10. The molecule has 0 spiro atoms. The van der Waals surface area contributed by atoms with E-state index >= 15 is 0 Å². The highest BCUT2D eigenvalue weighted by atomic mass is 79.9. The number of nitrogens with one attached hydrogen (secondary N) is 1. The molecule has 20 heavy (non-hydrogen) atoms. The SMILES string of the molecule is NNC(Cc1cccc(Br)c1)c1cnn2ccccc12. The molecule has 102 valence electrons. The van der Waals surface area contributed by atoms with Gasteiger partial charge in [0.05, 0.1) is 17.8 Å². The van der Waals surface area contributed by atoms with E-state index < -0.39 is 0 Å².